The van der Waals surface area contributed by atoms with E-state index >= 15 is 0 Å². The normalized spacial score (nSPS) is 11.8. The van der Waals surface area contributed by atoms with Gasteiger partial charge in [-0.15, -0.1) is 4.91 Å². The monoisotopic (exact) mass is 310 g/mol. The van der Waals surface area contributed by atoms with E-state index in [0.717, 1.165) is 6.07 Å². The third kappa shape index (κ3) is 2.32. The van der Waals surface area contributed by atoms with E-state index in [1.807, 2.05) is 0 Å². The molecule has 0 spiro atoms. The average Bonchev–Trinajstić information content (AvgIpc) is 2.90. The van der Waals surface area contributed by atoms with E-state index in [1.54, 1.807) is 24.3 Å². The quantitative estimate of drug-likeness (QED) is 0.491. The van der Waals surface area contributed by atoms with E-state index in [1.165, 1.54) is 0 Å². The predicted octanol–water partition coefficient (Wildman–Crippen LogP) is 5.05. The minimum Gasteiger partial charge on any atom is -0.436 e. The highest BCUT2D eigenvalue weighted by Gasteiger charge is 2.36. The van der Waals surface area contributed by atoms with Gasteiger partial charge in [-0.05, 0) is 29.4 Å². The number of nitroso groups, excluding NO2 is 1. The van der Waals surface area contributed by atoms with E-state index in [0.29, 0.717) is 17.2 Å². The van der Waals surface area contributed by atoms with Crippen molar-refractivity contribution in [2.24, 2.45) is 5.18 Å². The van der Waals surface area contributed by atoms with Crippen molar-refractivity contribution in [2.45, 2.75) is 6.18 Å². The number of para-hydroxylation sites is 2. The van der Waals surface area contributed by atoms with Crippen molar-refractivity contribution in [3.8, 4) is 11.5 Å². The highest BCUT2D eigenvalue weighted by atomic mass is 19.4. The summed E-state index contributed by atoms with van der Waals surface area (Å²) in [4.78, 5) is 14.6. The van der Waals surface area contributed by atoms with Crippen LogP contribution in [-0.4, -0.2) is 4.98 Å². The summed E-state index contributed by atoms with van der Waals surface area (Å²) in [7, 11) is 0. The summed E-state index contributed by atoms with van der Waals surface area (Å²) < 4.78 is 57.4. The topological polar surface area (TPSA) is 55.5 Å². The van der Waals surface area contributed by atoms with Crippen LogP contribution in [0.2, 0.25) is 0 Å². The number of aromatic nitrogens is 1. The summed E-state index contributed by atoms with van der Waals surface area (Å²) in [6, 6.07) is 7.94. The first-order valence-corrected chi connectivity index (χ1v) is 6.00. The molecule has 0 atom stereocenters. The van der Waals surface area contributed by atoms with Crippen LogP contribution >= 0.6 is 0 Å². The van der Waals surface area contributed by atoms with Crippen LogP contribution in [0.25, 0.3) is 22.6 Å². The molecule has 0 unspecified atom stereocenters. The fourth-order valence-corrected chi connectivity index (χ4v) is 2.00. The number of alkyl halides is 3. The molecule has 0 amide bonds. The number of hydrogen-bond acceptors (Lipinski definition) is 4. The molecule has 1 aromatic heterocycles. The van der Waals surface area contributed by atoms with Gasteiger partial charge in [-0.1, -0.05) is 12.1 Å². The lowest BCUT2D eigenvalue weighted by Gasteiger charge is -2.09. The molecule has 4 nitrogen and oxygen atoms in total. The summed E-state index contributed by atoms with van der Waals surface area (Å²) in [5.74, 6) is -1.88. The summed E-state index contributed by atoms with van der Waals surface area (Å²) in [5, 5.41) is 2.29. The lowest BCUT2D eigenvalue weighted by molar-refractivity contribution is -0.139. The van der Waals surface area contributed by atoms with Crippen LogP contribution in [0.3, 0.4) is 0 Å². The molecule has 3 rings (SSSR count). The highest BCUT2D eigenvalue weighted by molar-refractivity contribution is 5.76. The van der Waals surface area contributed by atoms with Crippen LogP contribution in [-0.2, 0) is 6.18 Å². The van der Waals surface area contributed by atoms with Gasteiger partial charge >= 0.3 is 6.18 Å². The Balaban J connectivity index is 2.24. The van der Waals surface area contributed by atoms with Crippen molar-refractivity contribution < 1.29 is 22.0 Å². The Labute approximate surface area is 120 Å². The molecule has 2 aromatic carbocycles. The highest BCUT2D eigenvalue weighted by Crippen LogP contribution is 2.38. The first-order valence-electron chi connectivity index (χ1n) is 6.00. The van der Waals surface area contributed by atoms with Gasteiger partial charge in [0.1, 0.15) is 11.2 Å². The van der Waals surface area contributed by atoms with E-state index in [-0.39, 0.29) is 11.5 Å². The maximum atomic E-state index is 13.6. The maximum absolute atomic E-state index is 13.6. The van der Waals surface area contributed by atoms with Gasteiger partial charge in [-0.2, -0.15) is 13.2 Å². The molecular formula is C14H6F4N2O2. The third-order valence-corrected chi connectivity index (χ3v) is 3.00. The van der Waals surface area contributed by atoms with Crippen LogP contribution in [0.5, 0.6) is 0 Å². The third-order valence-electron chi connectivity index (χ3n) is 3.00. The SMILES string of the molecule is O=Nc1cc(-c2nc3ccccc3o2)cc(C(F)(F)F)c1F. The minimum absolute atomic E-state index is 0.156. The molecule has 1 heterocycles. The second kappa shape index (κ2) is 4.90. The number of rotatable bonds is 2. The molecule has 0 fully saturated rings. The van der Waals surface area contributed by atoms with Gasteiger partial charge in [0, 0.05) is 5.56 Å². The van der Waals surface area contributed by atoms with Crippen molar-refractivity contribution >= 4 is 16.8 Å². The zero-order valence-electron chi connectivity index (χ0n) is 10.7. The lowest BCUT2D eigenvalue weighted by atomic mass is 10.1. The largest absolute Gasteiger partial charge is 0.436 e. The lowest BCUT2D eigenvalue weighted by Crippen LogP contribution is -2.08. The molecule has 0 radical (unpaired) electrons. The van der Waals surface area contributed by atoms with Crippen LogP contribution < -0.4 is 0 Å². The van der Waals surface area contributed by atoms with Crippen molar-refractivity contribution in [3.05, 3.63) is 52.7 Å². The van der Waals surface area contributed by atoms with Crippen LogP contribution in [0.15, 0.2) is 46.0 Å². The smallest absolute Gasteiger partial charge is 0.419 e. The molecule has 3 aromatic rings. The van der Waals surface area contributed by atoms with Gasteiger partial charge in [0.2, 0.25) is 5.89 Å². The molecule has 22 heavy (non-hydrogen) atoms. The number of oxazole rings is 1. The number of nitrogens with zero attached hydrogens (tertiary/aromatic N) is 2. The van der Waals surface area contributed by atoms with Crippen molar-refractivity contribution in [1.82, 2.24) is 4.98 Å². The molecule has 0 N–H and O–H groups in total. The Bertz CT molecular complexity index is 838. The minimum atomic E-state index is -4.97. The van der Waals surface area contributed by atoms with Crippen molar-refractivity contribution in [1.29, 1.82) is 0 Å². The van der Waals surface area contributed by atoms with Gasteiger partial charge in [-0.25, -0.2) is 9.37 Å². The summed E-state index contributed by atoms with van der Waals surface area (Å²) >= 11 is 0. The van der Waals surface area contributed by atoms with Crippen molar-refractivity contribution in [2.75, 3.05) is 0 Å². The number of fused-ring (bicyclic) bond motifs is 1. The summed E-state index contributed by atoms with van der Waals surface area (Å²) in [6.07, 6.45) is -4.97. The molecule has 0 aliphatic heterocycles. The fourth-order valence-electron chi connectivity index (χ4n) is 2.00. The van der Waals surface area contributed by atoms with Gasteiger partial charge in [0.15, 0.2) is 11.4 Å². The second-order valence-electron chi connectivity index (χ2n) is 4.43. The Kier molecular flexibility index (Phi) is 3.16. The molecule has 0 saturated heterocycles. The Morgan fingerprint density at radius 3 is 2.50 bits per heavy atom. The molecule has 0 aliphatic rings. The van der Waals surface area contributed by atoms with E-state index in [4.69, 9.17) is 4.42 Å². The average molecular weight is 310 g/mol. The fraction of sp³-hybridized carbons (Fsp3) is 0.0714. The van der Waals surface area contributed by atoms with Crippen molar-refractivity contribution in [3.63, 3.8) is 0 Å². The molecule has 0 aliphatic carbocycles. The molecular weight excluding hydrogens is 304 g/mol. The Morgan fingerprint density at radius 2 is 1.86 bits per heavy atom. The van der Waals surface area contributed by atoms with Gasteiger partial charge in [-0.3, -0.25) is 0 Å². The first-order chi connectivity index (χ1) is 10.4. The van der Waals surface area contributed by atoms with Gasteiger partial charge in [0.25, 0.3) is 0 Å². The standard InChI is InChI=1S/C14H6F4N2O2/c15-12-8(14(16,17)18)5-7(6-10(12)20-21)13-19-9-3-1-2-4-11(9)22-13/h1-6H. The molecule has 0 saturated carbocycles. The van der Waals surface area contributed by atoms with E-state index in [9.17, 15) is 22.5 Å². The number of benzene rings is 2. The molecule has 112 valence electrons. The van der Waals surface area contributed by atoms with Crippen LogP contribution in [0.1, 0.15) is 5.56 Å². The van der Waals surface area contributed by atoms with E-state index in [2.05, 4.69) is 10.2 Å². The van der Waals surface area contributed by atoms with Gasteiger partial charge in [0.05, 0.1) is 5.56 Å². The Morgan fingerprint density at radius 1 is 1.14 bits per heavy atom. The predicted molar refractivity (Wildman–Crippen MR) is 69.9 cm³/mol. The maximum Gasteiger partial charge on any atom is 0.419 e. The number of halogens is 4. The van der Waals surface area contributed by atoms with E-state index < -0.39 is 23.2 Å². The van der Waals surface area contributed by atoms with Gasteiger partial charge < -0.3 is 4.42 Å². The zero-order valence-corrected chi connectivity index (χ0v) is 10.7. The second-order valence-corrected chi connectivity index (χ2v) is 4.43. The molecule has 0 bridgehead atoms. The zero-order chi connectivity index (χ0) is 15.9. The first kappa shape index (κ1) is 14.2. The molecule has 8 heteroatoms. The Hall–Kier alpha value is -2.77. The summed E-state index contributed by atoms with van der Waals surface area (Å²) in [6.45, 7) is 0. The summed E-state index contributed by atoms with van der Waals surface area (Å²) in [5.41, 5.74) is -1.94. The van der Waals surface area contributed by atoms with Crippen LogP contribution in [0.4, 0.5) is 23.2 Å². The van der Waals surface area contributed by atoms with Crippen LogP contribution in [0, 0.1) is 10.7 Å². The number of hydrogen-bond donors (Lipinski definition) is 0.